The zero-order valence-corrected chi connectivity index (χ0v) is 11.9. The van der Waals surface area contributed by atoms with Crippen molar-refractivity contribution in [2.45, 2.75) is 25.7 Å². The highest BCUT2D eigenvalue weighted by atomic mass is 32.1. The smallest absolute Gasteiger partial charge is 0.266 e. The van der Waals surface area contributed by atoms with Crippen molar-refractivity contribution in [3.8, 4) is 6.07 Å². The van der Waals surface area contributed by atoms with E-state index < -0.39 is 0 Å². The van der Waals surface area contributed by atoms with E-state index in [1.54, 1.807) is 17.4 Å². The Morgan fingerprint density at radius 1 is 1.37 bits per heavy atom. The standard InChI is InChI=1S/C14H12N2OS2/c15-8-10-5-6-18-14(10)16-13(17)12-7-9-3-1-2-4-11(9)19-12/h5-7H,1-4H2,(H,16,17). The average molecular weight is 288 g/mol. The number of hydrogen-bond donors (Lipinski definition) is 1. The number of nitrogens with one attached hydrogen (secondary N) is 1. The summed E-state index contributed by atoms with van der Waals surface area (Å²) in [5.41, 5.74) is 1.85. The zero-order chi connectivity index (χ0) is 13.2. The minimum atomic E-state index is -0.0988. The third-order valence-electron chi connectivity index (χ3n) is 3.23. The Kier molecular flexibility index (Phi) is 3.36. The first kappa shape index (κ1) is 12.4. The van der Waals surface area contributed by atoms with Crippen LogP contribution in [0.2, 0.25) is 0 Å². The molecule has 0 aliphatic heterocycles. The molecule has 1 amide bonds. The van der Waals surface area contributed by atoms with E-state index in [2.05, 4.69) is 11.4 Å². The highest BCUT2D eigenvalue weighted by molar-refractivity contribution is 7.15. The maximum Gasteiger partial charge on any atom is 0.266 e. The van der Waals surface area contributed by atoms with E-state index in [0.29, 0.717) is 10.6 Å². The number of thiophene rings is 2. The van der Waals surface area contributed by atoms with Crippen molar-refractivity contribution in [1.29, 1.82) is 5.26 Å². The molecule has 5 heteroatoms. The summed E-state index contributed by atoms with van der Waals surface area (Å²) in [6.07, 6.45) is 4.61. The largest absolute Gasteiger partial charge is 0.312 e. The van der Waals surface area contributed by atoms with Crippen LogP contribution in [0, 0.1) is 11.3 Å². The second-order valence-electron chi connectivity index (χ2n) is 4.50. The van der Waals surface area contributed by atoms with Gasteiger partial charge < -0.3 is 5.32 Å². The van der Waals surface area contributed by atoms with Crippen molar-refractivity contribution in [2.24, 2.45) is 0 Å². The molecule has 0 atom stereocenters. The Morgan fingerprint density at radius 3 is 3.00 bits per heavy atom. The second kappa shape index (κ2) is 5.16. The molecule has 0 radical (unpaired) electrons. The minimum Gasteiger partial charge on any atom is -0.312 e. The fourth-order valence-electron chi connectivity index (χ4n) is 2.26. The molecule has 1 aliphatic rings. The number of amides is 1. The average Bonchev–Trinajstić information content (AvgIpc) is 3.03. The lowest BCUT2D eigenvalue weighted by molar-refractivity contribution is 0.103. The summed E-state index contributed by atoms with van der Waals surface area (Å²) in [5.74, 6) is -0.0988. The lowest BCUT2D eigenvalue weighted by Gasteiger charge is -2.08. The molecule has 19 heavy (non-hydrogen) atoms. The normalized spacial score (nSPS) is 13.6. The van der Waals surface area contributed by atoms with Gasteiger partial charge in [0.05, 0.1) is 10.4 Å². The predicted molar refractivity (Wildman–Crippen MR) is 77.9 cm³/mol. The van der Waals surface area contributed by atoms with E-state index in [1.165, 1.54) is 34.6 Å². The van der Waals surface area contributed by atoms with Crippen molar-refractivity contribution in [3.63, 3.8) is 0 Å². The molecule has 1 N–H and O–H groups in total. The fraction of sp³-hybridized carbons (Fsp3) is 0.286. The number of anilines is 1. The van der Waals surface area contributed by atoms with Crippen LogP contribution in [0.1, 0.15) is 38.5 Å². The molecule has 2 aromatic rings. The first-order chi connectivity index (χ1) is 9.28. The molecule has 96 valence electrons. The molecular formula is C14H12N2OS2. The number of fused-ring (bicyclic) bond motifs is 1. The highest BCUT2D eigenvalue weighted by Gasteiger charge is 2.18. The van der Waals surface area contributed by atoms with Gasteiger partial charge in [0.2, 0.25) is 0 Å². The van der Waals surface area contributed by atoms with E-state index in [-0.39, 0.29) is 5.91 Å². The molecule has 0 fully saturated rings. The Balaban J connectivity index is 1.81. The summed E-state index contributed by atoms with van der Waals surface area (Å²) in [6, 6.07) is 5.81. The Labute approximate surface area is 119 Å². The van der Waals surface area contributed by atoms with Gasteiger partial charge in [-0.15, -0.1) is 22.7 Å². The van der Waals surface area contributed by atoms with Crippen LogP contribution < -0.4 is 5.32 Å². The number of hydrogen-bond acceptors (Lipinski definition) is 4. The van der Waals surface area contributed by atoms with Gasteiger partial charge in [-0.1, -0.05) is 0 Å². The number of rotatable bonds is 2. The number of carbonyl (C=O) groups is 1. The van der Waals surface area contributed by atoms with Crippen LogP contribution in [0.25, 0.3) is 0 Å². The van der Waals surface area contributed by atoms with Gasteiger partial charge in [-0.3, -0.25) is 4.79 Å². The van der Waals surface area contributed by atoms with Gasteiger partial charge in [0.15, 0.2) is 0 Å². The van der Waals surface area contributed by atoms with Crippen LogP contribution in [0.3, 0.4) is 0 Å². The molecule has 0 saturated carbocycles. The van der Waals surface area contributed by atoms with Crippen molar-refractivity contribution in [1.82, 2.24) is 0 Å². The highest BCUT2D eigenvalue weighted by Crippen LogP contribution is 2.31. The Bertz CT molecular complexity index is 640. The Morgan fingerprint density at radius 2 is 2.21 bits per heavy atom. The van der Waals surface area contributed by atoms with E-state index in [1.807, 2.05) is 11.4 Å². The zero-order valence-electron chi connectivity index (χ0n) is 10.2. The van der Waals surface area contributed by atoms with Crippen LogP contribution in [0.15, 0.2) is 17.5 Å². The molecule has 0 saturated heterocycles. The lowest BCUT2D eigenvalue weighted by Crippen LogP contribution is -2.09. The molecule has 0 spiro atoms. The molecular weight excluding hydrogens is 276 g/mol. The SMILES string of the molecule is N#Cc1ccsc1NC(=O)c1cc2c(s1)CCCC2. The van der Waals surface area contributed by atoms with E-state index in [9.17, 15) is 4.79 Å². The molecule has 2 heterocycles. The van der Waals surface area contributed by atoms with E-state index >= 15 is 0 Å². The molecule has 3 nitrogen and oxygen atoms in total. The van der Waals surface area contributed by atoms with Crippen LogP contribution in [-0.2, 0) is 12.8 Å². The van der Waals surface area contributed by atoms with Crippen LogP contribution in [0.5, 0.6) is 0 Å². The maximum atomic E-state index is 12.2. The number of carbonyl (C=O) groups excluding carboxylic acids is 1. The molecule has 0 unspecified atom stereocenters. The first-order valence-electron chi connectivity index (χ1n) is 6.18. The van der Waals surface area contributed by atoms with Gasteiger partial charge in [-0.05, 0) is 48.8 Å². The summed E-state index contributed by atoms with van der Waals surface area (Å²) in [5, 5.41) is 14.2. The van der Waals surface area contributed by atoms with E-state index in [4.69, 9.17) is 5.26 Å². The summed E-state index contributed by atoms with van der Waals surface area (Å²) in [6.45, 7) is 0. The van der Waals surface area contributed by atoms with Crippen LogP contribution >= 0.6 is 22.7 Å². The van der Waals surface area contributed by atoms with Gasteiger partial charge in [0.25, 0.3) is 5.91 Å². The third kappa shape index (κ3) is 2.42. The molecule has 2 aromatic heterocycles. The number of aryl methyl sites for hydroxylation is 2. The Hall–Kier alpha value is -1.64. The first-order valence-corrected chi connectivity index (χ1v) is 7.88. The van der Waals surface area contributed by atoms with Crippen molar-refractivity contribution >= 4 is 33.6 Å². The minimum absolute atomic E-state index is 0.0988. The number of nitrogens with zero attached hydrogens (tertiary/aromatic N) is 1. The van der Waals surface area contributed by atoms with Gasteiger partial charge in [0, 0.05) is 4.88 Å². The van der Waals surface area contributed by atoms with Gasteiger partial charge in [0.1, 0.15) is 11.1 Å². The van der Waals surface area contributed by atoms with Gasteiger partial charge >= 0.3 is 0 Å². The van der Waals surface area contributed by atoms with Gasteiger partial charge in [-0.2, -0.15) is 5.26 Å². The van der Waals surface area contributed by atoms with Gasteiger partial charge in [-0.25, -0.2) is 0 Å². The third-order valence-corrected chi connectivity index (χ3v) is 5.30. The molecule has 0 bridgehead atoms. The second-order valence-corrected chi connectivity index (χ2v) is 6.55. The summed E-state index contributed by atoms with van der Waals surface area (Å²) in [4.78, 5) is 14.3. The quantitative estimate of drug-likeness (QED) is 0.913. The lowest BCUT2D eigenvalue weighted by atomic mass is 9.99. The summed E-state index contributed by atoms with van der Waals surface area (Å²) >= 11 is 2.97. The number of nitriles is 1. The maximum absolute atomic E-state index is 12.2. The van der Waals surface area contributed by atoms with Crippen molar-refractivity contribution < 1.29 is 4.79 Å². The summed E-state index contributed by atoms with van der Waals surface area (Å²) < 4.78 is 0. The molecule has 0 aromatic carbocycles. The molecule has 3 rings (SSSR count). The predicted octanol–water partition coefficient (Wildman–Crippen LogP) is 3.81. The molecule has 1 aliphatic carbocycles. The van der Waals surface area contributed by atoms with Crippen molar-refractivity contribution in [2.75, 3.05) is 5.32 Å². The summed E-state index contributed by atoms with van der Waals surface area (Å²) in [7, 11) is 0. The van der Waals surface area contributed by atoms with Crippen LogP contribution in [0.4, 0.5) is 5.00 Å². The van der Waals surface area contributed by atoms with Crippen molar-refractivity contribution in [3.05, 3.63) is 38.4 Å². The van der Waals surface area contributed by atoms with E-state index in [0.717, 1.165) is 17.7 Å². The topological polar surface area (TPSA) is 52.9 Å². The van der Waals surface area contributed by atoms with Crippen LogP contribution in [-0.4, -0.2) is 5.91 Å². The fourth-order valence-corrected chi connectivity index (χ4v) is 4.14. The monoisotopic (exact) mass is 288 g/mol.